The molecular formula is C20H19N5O3S. The van der Waals surface area contributed by atoms with Crippen LogP contribution < -0.4 is 0 Å². The molecule has 1 aromatic carbocycles. The van der Waals surface area contributed by atoms with Gasteiger partial charge in [-0.15, -0.1) is 0 Å². The molecular weight excluding hydrogens is 390 g/mol. The number of hydrogen-bond donors (Lipinski definition) is 2. The number of aromatic nitrogens is 5. The fourth-order valence-corrected chi connectivity index (χ4v) is 4.36. The Bertz CT molecular complexity index is 1180. The molecule has 0 aliphatic carbocycles. The first-order valence-corrected chi connectivity index (χ1v) is 10.3. The van der Waals surface area contributed by atoms with E-state index in [1.807, 2.05) is 30.3 Å². The molecule has 4 atom stereocenters. The number of thioether (sulfide) groups is 1. The van der Waals surface area contributed by atoms with E-state index in [1.165, 1.54) is 18.1 Å². The van der Waals surface area contributed by atoms with Gasteiger partial charge in [0.2, 0.25) is 0 Å². The number of fused-ring (bicyclic) bond motifs is 2. The molecule has 5 rings (SSSR count). The minimum atomic E-state index is -1.05. The zero-order chi connectivity index (χ0) is 20.0. The summed E-state index contributed by atoms with van der Waals surface area (Å²) in [5.41, 5.74) is 3.09. The second-order valence-electron chi connectivity index (χ2n) is 7.00. The fraction of sp³-hybridized carbons (Fsp3) is 0.300. The summed E-state index contributed by atoms with van der Waals surface area (Å²) in [4.78, 5) is 17.8. The molecule has 1 saturated heterocycles. The molecule has 1 aliphatic heterocycles. The highest BCUT2D eigenvalue weighted by molar-refractivity contribution is 7.98. The predicted octanol–water partition coefficient (Wildman–Crippen LogP) is 2.31. The second-order valence-corrected chi connectivity index (χ2v) is 7.96. The Labute approximate surface area is 170 Å². The van der Waals surface area contributed by atoms with Gasteiger partial charge in [0.05, 0.1) is 23.6 Å². The van der Waals surface area contributed by atoms with Crippen LogP contribution in [0.4, 0.5) is 0 Å². The molecule has 0 spiro atoms. The van der Waals surface area contributed by atoms with Gasteiger partial charge < -0.3 is 14.9 Å². The van der Waals surface area contributed by atoms with E-state index < -0.39 is 24.5 Å². The van der Waals surface area contributed by atoms with Crippen molar-refractivity contribution in [3.05, 3.63) is 54.7 Å². The van der Waals surface area contributed by atoms with E-state index in [1.54, 1.807) is 17.8 Å². The Morgan fingerprint density at radius 2 is 1.93 bits per heavy atom. The minimum absolute atomic E-state index is 0.470. The molecule has 4 heterocycles. The van der Waals surface area contributed by atoms with Gasteiger partial charge in [-0.1, -0.05) is 36.0 Å². The first-order valence-electron chi connectivity index (χ1n) is 9.28. The molecule has 0 unspecified atom stereocenters. The Hall–Kier alpha value is -2.59. The predicted molar refractivity (Wildman–Crippen MR) is 108 cm³/mol. The van der Waals surface area contributed by atoms with Gasteiger partial charge in [0.1, 0.15) is 29.1 Å². The highest BCUT2D eigenvalue weighted by Gasteiger charge is 2.42. The molecule has 148 valence electrons. The highest BCUT2D eigenvalue weighted by atomic mass is 32.2. The summed E-state index contributed by atoms with van der Waals surface area (Å²) in [6, 6.07) is 12.1. The van der Waals surface area contributed by atoms with Gasteiger partial charge in [-0.05, 0) is 19.1 Å². The van der Waals surface area contributed by atoms with E-state index in [0.29, 0.717) is 16.9 Å². The van der Waals surface area contributed by atoms with E-state index in [0.717, 1.165) is 21.6 Å². The summed E-state index contributed by atoms with van der Waals surface area (Å²) in [5.74, 6) is 0.641. The van der Waals surface area contributed by atoms with Crippen LogP contribution in [-0.4, -0.2) is 53.0 Å². The van der Waals surface area contributed by atoms with Gasteiger partial charge >= 0.3 is 0 Å². The lowest BCUT2D eigenvalue weighted by Crippen LogP contribution is -2.30. The molecule has 0 bridgehead atoms. The Morgan fingerprint density at radius 1 is 1.07 bits per heavy atom. The summed E-state index contributed by atoms with van der Waals surface area (Å²) in [6.07, 6.45) is -0.168. The van der Waals surface area contributed by atoms with Crippen molar-refractivity contribution in [2.24, 2.45) is 0 Å². The van der Waals surface area contributed by atoms with Crippen LogP contribution in [0.1, 0.15) is 18.8 Å². The average Bonchev–Trinajstić information content (AvgIpc) is 3.29. The lowest BCUT2D eigenvalue weighted by molar-refractivity contribution is -0.0299. The monoisotopic (exact) mass is 409 g/mol. The van der Waals surface area contributed by atoms with Crippen LogP contribution in [0.3, 0.4) is 0 Å². The SMILES string of the molecule is C[C@H]1O[C@@H](n2cnc3c(SCc4ccc5ccccc5n4)ncnc32)[C@H](O)[C@@H]1O. The third kappa shape index (κ3) is 3.25. The Kier molecular flexibility index (Phi) is 4.67. The highest BCUT2D eigenvalue weighted by Crippen LogP contribution is 2.33. The summed E-state index contributed by atoms with van der Waals surface area (Å²) < 4.78 is 7.34. The van der Waals surface area contributed by atoms with Gasteiger partial charge in [-0.3, -0.25) is 9.55 Å². The Balaban J connectivity index is 1.41. The minimum Gasteiger partial charge on any atom is -0.388 e. The molecule has 0 amide bonds. The van der Waals surface area contributed by atoms with Gasteiger partial charge in [-0.2, -0.15) is 0 Å². The smallest absolute Gasteiger partial charge is 0.166 e. The topological polar surface area (TPSA) is 106 Å². The van der Waals surface area contributed by atoms with Crippen molar-refractivity contribution in [1.82, 2.24) is 24.5 Å². The van der Waals surface area contributed by atoms with Gasteiger partial charge in [0.15, 0.2) is 11.9 Å². The van der Waals surface area contributed by atoms with Crippen LogP contribution in [0.5, 0.6) is 0 Å². The van der Waals surface area contributed by atoms with E-state index in [4.69, 9.17) is 9.72 Å². The van der Waals surface area contributed by atoms with E-state index in [9.17, 15) is 10.2 Å². The van der Waals surface area contributed by atoms with Crippen LogP contribution in [0.2, 0.25) is 0 Å². The largest absolute Gasteiger partial charge is 0.388 e. The van der Waals surface area contributed by atoms with Crippen molar-refractivity contribution in [2.45, 2.75) is 42.2 Å². The van der Waals surface area contributed by atoms with E-state index in [-0.39, 0.29) is 0 Å². The summed E-state index contributed by atoms with van der Waals surface area (Å²) in [6.45, 7) is 1.72. The van der Waals surface area contributed by atoms with Crippen molar-refractivity contribution in [3.63, 3.8) is 0 Å². The average molecular weight is 409 g/mol. The normalized spacial score (nSPS) is 24.5. The maximum absolute atomic E-state index is 10.3. The first kappa shape index (κ1) is 18.4. The molecule has 2 N–H and O–H groups in total. The third-order valence-electron chi connectivity index (χ3n) is 5.09. The summed E-state index contributed by atoms with van der Waals surface area (Å²) in [5, 5.41) is 22.1. The number of aliphatic hydroxyl groups excluding tert-OH is 2. The van der Waals surface area contributed by atoms with Crippen molar-refractivity contribution >= 4 is 33.8 Å². The van der Waals surface area contributed by atoms with Crippen LogP contribution in [-0.2, 0) is 10.5 Å². The zero-order valence-electron chi connectivity index (χ0n) is 15.6. The van der Waals surface area contributed by atoms with Crippen LogP contribution in [0.15, 0.2) is 54.1 Å². The number of ether oxygens (including phenoxy) is 1. The van der Waals surface area contributed by atoms with Gasteiger partial charge in [-0.25, -0.2) is 15.0 Å². The number of pyridine rings is 1. The lowest BCUT2D eigenvalue weighted by Gasteiger charge is -2.16. The second kappa shape index (κ2) is 7.34. The molecule has 0 saturated carbocycles. The first-order chi connectivity index (χ1) is 14.1. The number of nitrogens with zero attached hydrogens (tertiary/aromatic N) is 5. The fourth-order valence-electron chi connectivity index (χ4n) is 3.51. The third-order valence-corrected chi connectivity index (χ3v) is 6.10. The number of para-hydroxylation sites is 1. The number of rotatable bonds is 4. The van der Waals surface area contributed by atoms with E-state index >= 15 is 0 Å². The Morgan fingerprint density at radius 3 is 2.76 bits per heavy atom. The molecule has 4 aromatic rings. The molecule has 29 heavy (non-hydrogen) atoms. The van der Waals surface area contributed by atoms with Crippen molar-refractivity contribution in [2.75, 3.05) is 0 Å². The van der Waals surface area contributed by atoms with Crippen molar-refractivity contribution < 1.29 is 14.9 Å². The maximum atomic E-state index is 10.3. The molecule has 1 fully saturated rings. The van der Waals surface area contributed by atoms with Crippen molar-refractivity contribution in [3.8, 4) is 0 Å². The molecule has 3 aromatic heterocycles. The standard InChI is InChI=1S/C20H19N5O3S/c1-11-16(26)17(27)20(28-11)25-10-23-15-18(25)21-9-22-19(15)29-8-13-7-6-12-4-2-3-5-14(12)24-13/h2-7,9-11,16-17,20,26-27H,8H2,1H3/t11-,16-,17-,20-/m1/s1. The van der Waals surface area contributed by atoms with Crippen LogP contribution in [0, 0.1) is 0 Å². The number of imidazole rings is 1. The van der Waals surface area contributed by atoms with E-state index in [2.05, 4.69) is 21.0 Å². The number of benzene rings is 1. The van der Waals surface area contributed by atoms with Gasteiger partial charge in [0, 0.05) is 11.1 Å². The summed E-state index contributed by atoms with van der Waals surface area (Å²) in [7, 11) is 0. The van der Waals surface area contributed by atoms with Crippen molar-refractivity contribution in [1.29, 1.82) is 0 Å². The van der Waals surface area contributed by atoms with Crippen LogP contribution >= 0.6 is 11.8 Å². The lowest BCUT2D eigenvalue weighted by atomic mass is 10.1. The molecule has 1 aliphatic rings. The molecule has 9 heteroatoms. The van der Waals surface area contributed by atoms with Crippen LogP contribution in [0.25, 0.3) is 22.1 Å². The quantitative estimate of drug-likeness (QED) is 0.391. The zero-order valence-corrected chi connectivity index (χ0v) is 16.4. The summed E-state index contributed by atoms with van der Waals surface area (Å²) >= 11 is 1.53. The number of aliphatic hydroxyl groups is 2. The molecule has 0 radical (unpaired) electrons. The molecule has 8 nitrogen and oxygen atoms in total. The van der Waals surface area contributed by atoms with Gasteiger partial charge in [0.25, 0.3) is 0 Å². The maximum Gasteiger partial charge on any atom is 0.166 e. The number of hydrogen-bond acceptors (Lipinski definition) is 8.